The van der Waals surface area contributed by atoms with E-state index in [1.165, 1.54) is 0 Å². The van der Waals surface area contributed by atoms with Gasteiger partial charge in [0, 0.05) is 12.4 Å². The fourth-order valence-corrected chi connectivity index (χ4v) is 1.84. The van der Waals surface area contributed by atoms with Crippen LogP contribution in [0.5, 0.6) is 0 Å². The smallest absolute Gasteiger partial charge is 0.303 e. The van der Waals surface area contributed by atoms with E-state index in [4.69, 9.17) is 5.11 Å². The number of hydrogen-bond acceptors (Lipinski definition) is 2. The Morgan fingerprint density at radius 3 is 2.93 bits per heavy atom. The third kappa shape index (κ3) is 2.10. The lowest BCUT2D eigenvalue weighted by molar-refractivity contribution is -0.137. The number of aromatic nitrogens is 1. The van der Waals surface area contributed by atoms with Gasteiger partial charge in [0.25, 0.3) is 0 Å². The Morgan fingerprint density at radius 2 is 2.43 bits per heavy atom. The van der Waals surface area contributed by atoms with E-state index in [2.05, 4.69) is 4.98 Å². The molecule has 0 radical (unpaired) electrons. The second-order valence-electron chi connectivity index (χ2n) is 3.83. The van der Waals surface area contributed by atoms with E-state index in [9.17, 15) is 4.79 Å². The van der Waals surface area contributed by atoms with E-state index in [0.717, 1.165) is 18.4 Å². The van der Waals surface area contributed by atoms with Crippen LogP contribution < -0.4 is 0 Å². The van der Waals surface area contributed by atoms with Gasteiger partial charge in [-0.15, -0.1) is 0 Å². The van der Waals surface area contributed by atoms with E-state index in [0.29, 0.717) is 5.92 Å². The number of pyridine rings is 1. The van der Waals surface area contributed by atoms with Crippen LogP contribution in [-0.2, 0) is 4.79 Å². The molecule has 2 rings (SSSR count). The summed E-state index contributed by atoms with van der Waals surface area (Å²) in [5, 5.41) is 8.80. The average Bonchev–Trinajstić information content (AvgIpc) is 2.99. The van der Waals surface area contributed by atoms with Gasteiger partial charge in [0.05, 0.1) is 6.42 Å². The summed E-state index contributed by atoms with van der Waals surface area (Å²) in [5.74, 6) is 0.0160. The third-order valence-corrected chi connectivity index (χ3v) is 2.70. The minimum absolute atomic E-state index is 0.168. The van der Waals surface area contributed by atoms with Crippen LogP contribution in [-0.4, -0.2) is 16.1 Å². The maximum absolute atomic E-state index is 10.7. The normalized spacial score (nSPS) is 17.7. The lowest BCUT2D eigenvalue weighted by Crippen LogP contribution is -2.08. The largest absolute Gasteiger partial charge is 0.481 e. The molecule has 1 atom stereocenters. The van der Waals surface area contributed by atoms with Crippen molar-refractivity contribution in [3.05, 3.63) is 30.1 Å². The average molecular weight is 191 g/mol. The molecule has 1 aromatic heterocycles. The quantitative estimate of drug-likeness (QED) is 0.792. The Morgan fingerprint density at radius 1 is 1.64 bits per heavy atom. The van der Waals surface area contributed by atoms with Gasteiger partial charge in [-0.3, -0.25) is 9.78 Å². The maximum atomic E-state index is 10.7. The number of aliphatic carboxylic acids is 1. The molecule has 1 fully saturated rings. The molecule has 3 nitrogen and oxygen atoms in total. The summed E-state index contributed by atoms with van der Waals surface area (Å²) < 4.78 is 0. The summed E-state index contributed by atoms with van der Waals surface area (Å²) >= 11 is 0. The molecule has 0 aliphatic heterocycles. The third-order valence-electron chi connectivity index (χ3n) is 2.70. The van der Waals surface area contributed by atoms with Crippen molar-refractivity contribution in [2.45, 2.75) is 25.2 Å². The number of hydrogen-bond donors (Lipinski definition) is 1. The van der Waals surface area contributed by atoms with Crippen molar-refractivity contribution in [1.82, 2.24) is 4.98 Å². The molecule has 1 heterocycles. The minimum atomic E-state index is -0.717. The van der Waals surface area contributed by atoms with E-state index in [1.807, 2.05) is 12.1 Å². The highest BCUT2D eigenvalue weighted by Gasteiger charge is 2.33. The molecule has 1 saturated carbocycles. The van der Waals surface area contributed by atoms with Crippen LogP contribution in [0, 0.1) is 5.92 Å². The number of nitrogens with zero attached hydrogens (tertiary/aromatic N) is 1. The van der Waals surface area contributed by atoms with Crippen molar-refractivity contribution in [2.75, 3.05) is 0 Å². The molecular weight excluding hydrogens is 178 g/mol. The molecule has 0 amide bonds. The van der Waals surface area contributed by atoms with Gasteiger partial charge in [0.15, 0.2) is 0 Å². The van der Waals surface area contributed by atoms with Crippen molar-refractivity contribution in [3.63, 3.8) is 0 Å². The molecule has 0 unspecified atom stereocenters. The molecule has 0 saturated heterocycles. The SMILES string of the molecule is O=C(O)C[C@H](c1cccnc1)C1CC1. The van der Waals surface area contributed by atoms with Gasteiger partial charge < -0.3 is 5.11 Å². The summed E-state index contributed by atoms with van der Waals surface area (Å²) in [7, 11) is 0. The lowest BCUT2D eigenvalue weighted by atomic mass is 9.92. The van der Waals surface area contributed by atoms with Crippen LogP contribution >= 0.6 is 0 Å². The molecule has 14 heavy (non-hydrogen) atoms. The summed E-state index contributed by atoms with van der Waals surface area (Å²) in [5.41, 5.74) is 1.07. The van der Waals surface area contributed by atoms with E-state index in [1.54, 1.807) is 12.4 Å². The van der Waals surface area contributed by atoms with Crippen LogP contribution in [0.2, 0.25) is 0 Å². The second-order valence-corrected chi connectivity index (χ2v) is 3.83. The van der Waals surface area contributed by atoms with Crippen LogP contribution in [0.4, 0.5) is 0 Å². The highest BCUT2D eigenvalue weighted by molar-refractivity contribution is 5.68. The molecule has 1 aromatic rings. The van der Waals surface area contributed by atoms with Gasteiger partial charge >= 0.3 is 5.97 Å². The van der Waals surface area contributed by atoms with Crippen LogP contribution in [0.3, 0.4) is 0 Å². The fraction of sp³-hybridized carbons (Fsp3) is 0.455. The van der Waals surface area contributed by atoms with Crippen molar-refractivity contribution >= 4 is 5.97 Å². The van der Waals surface area contributed by atoms with Crippen molar-refractivity contribution < 1.29 is 9.90 Å². The summed E-state index contributed by atoms with van der Waals surface area (Å²) in [4.78, 5) is 14.7. The first-order chi connectivity index (χ1) is 6.77. The highest BCUT2D eigenvalue weighted by atomic mass is 16.4. The standard InChI is InChI=1S/C11H13NO2/c13-11(14)6-10(8-3-4-8)9-2-1-5-12-7-9/h1-2,5,7-8,10H,3-4,6H2,(H,13,14)/t10-/m0/s1. The van der Waals surface area contributed by atoms with Gasteiger partial charge in [-0.05, 0) is 36.3 Å². The number of carbonyl (C=O) groups is 1. The monoisotopic (exact) mass is 191 g/mol. The summed E-state index contributed by atoms with van der Waals surface area (Å²) in [6.45, 7) is 0. The van der Waals surface area contributed by atoms with E-state index in [-0.39, 0.29) is 12.3 Å². The highest BCUT2D eigenvalue weighted by Crippen LogP contribution is 2.44. The fourth-order valence-electron chi connectivity index (χ4n) is 1.84. The maximum Gasteiger partial charge on any atom is 0.303 e. The van der Waals surface area contributed by atoms with Crippen LogP contribution in [0.25, 0.3) is 0 Å². The molecule has 74 valence electrons. The zero-order valence-corrected chi connectivity index (χ0v) is 7.89. The zero-order valence-electron chi connectivity index (χ0n) is 7.89. The Kier molecular flexibility index (Phi) is 2.48. The predicted octanol–water partition coefficient (Wildman–Crippen LogP) is 2.05. The number of carboxylic acid groups (broad SMARTS) is 1. The van der Waals surface area contributed by atoms with Gasteiger partial charge in [-0.25, -0.2) is 0 Å². The van der Waals surface area contributed by atoms with Crippen LogP contribution in [0.1, 0.15) is 30.7 Å². The number of carboxylic acids is 1. The Balaban J connectivity index is 2.14. The van der Waals surface area contributed by atoms with Gasteiger partial charge in [-0.2, -0.15) is 0 Å². The number of rotatable bonds is 4. The molecule has 1 aliphatic rings. The Hall–Kier alpha value is -1.38. The lowest BCUT2D eigenvalue weighted by Gasteiger charge is -2.13. The van der Waals surface area contributed by atoms with Gasteiger partial charge in [0.2, 0.25) is 0 Å². The molecule has 0 spiro atoms. The van der Waals surface area contributed by atoms with Crippen molar-refractivity contribution in [3.8, 4) is 0 Å². The van der Waals surface area contributed by atoms with Crippen LogP contribution in [0.15, 0.2) is 24.5 Å². The van der Waals surface area contributed by atoms with Crippen molar-refractivity contribution in [2.24, 2.45) is 5.92 Å². The molecule has 3 heteroatoms. The zero-order chi connectivity index (χ0) is 9.97. The topological polar surface area (TPSA) is 50.2 Å². The van der Waals surface area contributed by atoms with E-state index < -0.39 is 5.97 Å². The van der Waals surface area contributed by atoms with Gasteiger partial charge in [-0.1, -0.05) is 6.07 Å². The van der Waals surface area contributed by atoms with Crippen molar-refractivity contribution in [1.29, 1.82) is 0 Å². The molecular formula is C11H13NO2. The molecule has 0 aromatic carbocycles. The Labute approximate surface area is 82.8 Å². The molecule has 1 N–H and O–H groups in total. The first kappa shape index (κ1) is 9.19. The first-order valence-corrected chi connectivity index (χ1v) is 4.89. The second kappa shape index (κ2) is 3.78. The minimum Gasteiger partial charge on any atom is -0.481 e. The summed E-state index contributed by atoms with van der Waals surface area (Å²) in [6.07, 6.45) is 6.05. The summed E-state index contributed by atoms with van der Waals surface area (Å²) in [6, 6.07) is 3.84. The van der Waals surface area contributed by atoms with E-state index >= 15 is 0 Å². The molecule has 1 aliphatic carbocycles. The van der Waals surface area contributed by atoms with Gasteiger partial charge in [0.1, 0.15) is 0 Å². The molecule has 0 bridgehead atoms. The predicted molar refractivity (Wildman–Crippen MR) is 52.0 cm³/mol. The Bertz CT molecular complexity index is 319. The first-order valence-electron chi connectivity index (χ1n) is 4.89.